The summed E-state index contributed by atoms with van der Waals surface area (Å²) in [6.45, 7) is 5.40. The van der Waals surface area contributed by atoms with Gasteiger partial charge >= 0.3 is 0 Å². The van der Waals surface area contributed by atoms with Crippen molar-refractivity contribution in [3.05, 3.63) is 22.0 Å². The average Bonchev–Trinajstić information content (AvgIpc) is 2.83. The number of fused-ring (bicyclic) bond motifs is 1. The van der Waals surface area contributed by atoms with Crippen molar-refractivity contribution in [2.24, 2.45) is 5.73 Å². The summed E-state index contributed by atoms with van der Waals surface area (Å²) in [5.74, 6) is 0.239. The van der Waals surface area contributed by atoms with Gasteiger partial charge in [-0.1, -0.05) is 13.3 Å². The fourth-order valence-electron chi connectivity index (χ4n) is 2.14. The van der Waals surface area contributed by atoms with Crippen LogP contribution in [0.25, 0.3) is 5.57 Å². The van der Waals surface area contributed by atoms with Gasteiger partial charge in [-0.15, -0.1) is 11.3 Å². The maximum Gasteiger partial charge on any atom is 0.209 e. The van der Waals surface area contributed by atoms with Crippen molar-refractivity contribution < 1.29 is 14.3 Å². The van der Waals surface area contributed by atoms with E-state index in [2.05, 4.69) is 0 Å². The topological polar surface area (TPSA) is 69.4 Å². The van der Waals surface area contributed by atoms with Gasteiger partial charge in [-0.25, -0.2) is 0 Å². The van der Waals surface area contributed by atoms with Crippen molar-refractivity contribution in [2.75, 3.05) is 0 Å². The molecule has 0 unspecified atom stereocenters. The Labute approximate surface area is 122 Å². The van der Waals surface area contributed by atoms with Gasteiger partial charge in [0.1, 0.15) is 5.75 Å². The minimum atomic E-state index is -0.987. The third kappa shape index (κ3) is 2.50. The molecule has 4 nitrogen and oxygen atoms in total. The highest BCUT2D eigenvalue weighted by molar-refractivity contribution is 7.12. The molecule has 0 fully saturated rings. The lowest BCUT2D eigenvalue weighted by Crippen LogP contribution is -2.42. The molecule has 1 aromatic rings. The number of hydrogen-bond donors (Lipinski definition) is 1. The van der Waals surface area contributed by atoms with Crippen LogP contribution in [0.5, 0.6) is 5.75 Å². The number of thiophene rings is 1. The molecule has 0 bridgehead atoms. The first kappa shape index (κ1) is 14.8. The summed E-state index contributed by atoms with van der Waals surface area (Å²) in [5.41, 5.74) is 5.39. The van der Waals surface area contributed by atoms with Crippen LogP contribution in [-0.4, -0.2) is 17.2 Å². The van der Waals surface area contributed by atoms with Gasteiger partial charge in [0.15, 0.2) is 11.4 Å². The second kappa shape index (κ2) is 5.40. The number of rotatable bonds is 4. The number of unbranched alkanes of at least 4 members (excludes halogenated alkanes) is 1. The molecule has 0 spiro atoms. The van der Waals surface area contributed by atoms with Gasteiger partial charge in [-0.2, -0.15) is 0 Å². The van der Waals surface area contributed by atoms with Crippen molar-refractivity contribution >= 4 is 28.5 Å². The molecule has 5 heteroatoms. The number of carbonyl (C=O) groups excluding carboxylic acids is 2. The molecule has 1 aliphatic heterocycles. The zero-order valence-electron chi connectivity index (χ0n) is 12.0. The van der Waals surface area contributed by atoms with E-state index in [4.69, 9.17) is 10.5 Å². The van der Waals surface area contributed by atoms with Crippen molar-refractivity contribution in [1.82, 2.24) is 0 Å². The third-order valence-electron chi connectivity index (χ3n) is 3.32. The highest BCUT2D eigenvalue weighted by Crippen LogP contribution is 2.42. The lowest BCUT2D eigenvalue weighted by Gasteiger charge is -2.31. The average molecular weight is 293 g/mol. The molecule has 0 radical (unpaired) electrons. The normalized spacial score (nSPS) is 19.2. The third-order valence-corrected chi connectivity index (χ3v) is 4.24. The molecule has 0 aromatic carbocycles. The molecule has 0 amide bonds. The van der Waals surface area contributed by atoms with Gasteiger partial charge < -0.3 is 10.5 Å². The number of hydrogen-bond acceptors (Lipinski definition) is 5. The minimum Gasteiger partial charge on any atom is -0.478 e. The summed E-state index contributed by atoms with van der Waals surface area (Å²) in [4.78, 5) is 25.3. The van der Waals surface area contributed by atoms with Gasteiger partial charge in [0.25, 0.3) is 0 Å². The Hall–Kier alpha value is -1.62. The molecule has 1 aromatic heterocycles. The molecule has 20 heavy (non-hydrogen) atoms. The predicted molar refractivity (Wildman–Crippen MR) is 79.7 cm³/mol. The van der Waals surface area contributed by atoms with Crippen molar-refractivity contribution in [3.8, 4) is 5.75 Å². The van der Waals surface area contributed by atoms with E-state index in [1.54, 1.807) is 19.9 Å². The van der Waals surface area contributed by atoms with E-state index in [-0.39, 0.29) is 17.3 Å². The summed E-state index contributed by atoms with van der Waals surface area (Å²) < 4.78 is 5.67. The van der Waals surface area contributed by atoms with Gasteiger partial charge in [0, 0.05) is 6.42 Å². The fraction of sp³-hybridized carbons (Fsp3) is 0.467. The van der Waals surface area contributed by atoms with Crippen LogP contribution >= 0.6 is 11.3 Å². The largest absolute Gasteiger partial charge is 0.478 e. The van der Waals surface area contributed by atoms with Crippen LogP contribution in [0.1, 0.15) is 44.9 Å². The van der Waals surface area contributed by atoms with Crippen LogP contribution in [0.2, 0.25) is 0 Å². The molecule has 108 valence electrons. The van der Waals surface area contributed by atoms with Crippen molar-refractivity contribution in [2.45, 2.75) is 45.6 Å². The molecule has 2 heterocycles. The number of carbonyl (C=O) groups is 2. The molecular weight excluding hydrogens is 274 g/mol. The van der Waals surface area contributed by atoms with E-state index in [0.717, 1.165) is 12.8 Å². The van der Waals surface area contributed by atoms with Gasteiger partial charge in [-0.05, 0) is 31.7 Å². The number of allylic oxidation sites excluding steroid dienone is 1. The Bertz CT molecular complexity index is 584. The molecule has 2 N–H and O–H groups in total. The molecule has 0 saturated carbocycles. The van der Waals surface area contributed by atoms with Crippen LogP contribution < -0.4 is 10.5 Å². The van der Waals surface area contributed by atoms with E-state index in [9.17, 15) is 9.59 Å². The lowest BCUT2D eigenvalue weighted by atomic mass is 9.89. The molecule has 0 atom stereocenters. The quantitative estimate of drug-likeness (QED) is 0.867. The van der Waals surface area contributed by atoms with E-state index >= 15 is 0 Å². The van der Waals surface area contributed by atoms with Crippen LogP contribution in [0.4, 0.5) is 0 Å². The monoisotopic (exact) mass is 293 g/mol. The standard InChI is InChI=1S/C15H19NO3S/c1-4-5-6-9(17)12(16)11-13-10(7-8-20-13)19-15(2,3)14(11)18/h7-8H,4-6,16H2,1-3H3. The highest BCUT2D eigenvalue weighted by Gasteiger charge is 2.41. The predicted octanol–water partition coefficient (Wildman–Crippen LogP) is 2.92. The highest BCUT2D eigenvalue weighted by atomic mass is 32.1. The summed E-state index contributed by atoms with van der Waals surface area (Å²) in [6, 6.07) is 1.80. The lowest BCUT2D eigenvalue weighted by molar-refractivity contribution is -0.127. The Morgan fingerprint density at radius 1 is 1.45 bits per heavy atom. The SMILES string of the molecule is CCCCC(=O)C(N)=C1C(=O)C(C)(C)Oc2ccsc21. The summed E-state index contributed by atoms with van der Waals surface area (Å²) in [7, 11) is 0. The Morgan fingerprint density at radius 3 is 2.80 bits per heavy atom. The first-order valence-corrected chi connectivity index (χ1v) is 7.61. The second-order valence-electron chi connectivity index (χ2n) is 5.37. The fourth-order valence-corrected chi connectivity index (χ4v) is 3.02. The number of nitrogens with two attached hydrogens (primary N) is 1. The zero-order chi connectivity index (χ0) is 14.9. The van der Waals surface area contributed by atoms with Crippen molar-refractivity contribution in [1.29, 1.82) is 0 Å². The molecular formula is C15H19NO3S. The molecule has 1 aliphatic rings. The second-order valence-corrected chi connectivity index (χ2v) is 6.29. The first-order valence-electron chi connectivity index (χ1n) is 6.73. The van der Waals surface area contributed by atoms with Crippen LogP contribution in [0.3, 0.4) is 0 Å². The first-order chi connectivity index (χ1) is 9.38. The maximum atomic E-state index is 12.5. The molecule has 0 saturated heterocycles. The van der Waals surface area contributed by atoms with Crippen LogP contribution in [-0.2, 0) is 9.59 Å². The Balaban J connectivity index is 2.49. The zero-order valence-corrected chi connectivity index (χ0v) is 12.8. The molecule has 2 rings (SSSR count). The van der Waals surface area contributed by atoms with E-state index in [1.165, 1.54) is 11.3 Å². The number of Topliss-reactive ketones (excluding diaryl/α,β-unsaturated/α-hetero) is 2. The molecule has 0 aliphatic carbocycles. The van der Waals surface area contributed by atoms with Gasteiger partial charge in [0.2, 0.25) is 5.78 Å². The van der Waals surface area contributed by atoms with Gasteiger partial charge in [0.05, 0.1) is 16.1 Å². The van der Waals surface area contributed by atoms with Crippen LogP contribution in [0, 0.1) is 0 Å². The van der Waals surface area contributed by atoms with Gasteiger partial charge in [-0.3, -0.25) is 9.59 Å². The van der Waals surface area contributed by atoms with E-state index < -0.39 is 5.60 Å². The summed E-state index contributed by atoms with van der Waals surface area (Å²) in [6.07, 6.45) is 2.07. The smallest absolute Gasteiger partial charge is 0.209 e. The number of ether oxygens (including phenoxy) is 1. The Morgan fingerprint density at radius 2 is 2.15 bits per heavy atom. The minimum absolute atomic E-state index is 0.0727. The maximum absolute atomic E-state index is 12.5. The Kier molecular flexibility index (Phi) is 3.99. The summed E-state index contributed by atoms with van der Waals surface area (Å²) >= 11 is 1.37. The van der Waals surface area contributed by atoms with Crippen LogP contribution in [0.15, 0.2) is 17.1 Å². The number of ketones is 2. The summed E-state index contributed by atoms with van der Waals surface area (Å²) in [5, 5.41) is 1.84. The van der Waals surface area contributed by atoms with E-state index in [0.29, 0.717) is 22.6 Å². The van der Waals surface area contributed by atoms with E-state index in [1.807, 2.05) is 12.3 Å². The van der Waals surface area contributed by atoms with Crippen molar-refractivity contribution in [3.63, 3.8) is 0 Å².